The molecule has 4 rings (SSSR count). The highest BCUT2D eigenvalue weighted by molar-refractivity contribution is 5.98. The molecule has 6 heteroatoms. The van der Waals surface area contributed by atoms with Gasteiger partial charge in [0.2, 0.25) is 0 Å². The summed E-state index contributed by atoms with van der Waals surface area (Å²) in [6.45, 7) is 1.65. The van der Waals surface area contributed by atoms with Gasteiger partial charge < -0.3 is 19.9 Å². The minimum atomic E-state index is 0. The van der Waals surface area contributed by atoms with Crippen molar-refractivity contribution < 1.29 is 9.53 Å². The van der Waals surface area contributed by atoms with Crippen LogP contribution in [0.3, 0.4) is 0 Å². The van der Waals surface area contributed by atoms with Gasteiger partial charge in [-0.25, -0.2) is 0 Å². The molecule has 2 saturated heterocycles. The number of likely N-dealkylation sites (tertiary alicyclic amines) is 1. The van der Waals surface area contributed by atoms with Gasteiger partial charge in [-0.1, -0.05) is 0 Å². The lowest BCUT2D eigenvalue weighted by Crippen LogP contribution is -2.39. The molecule has 5 nitrogen and oxygen atoms in total. The SMILES string of the molecule is COc1ccc2[nH]c(C(=O)N3CC[C@H]4CC[C@@H](C3)N4)cc2c1.Cl. The van der Waals surface area contributed by atoms with Gasteiger partial charge in [-0.3, -0.25) is 4.79 Å². The van der Waals surface area contributed by atoms with Crippen molar-refractivity contribution in [1.82, 2.24) is 15.2 Å². The predicted molar refractivity (Wildman–Crippen MR) is 92.6 cm³/mol. The summed E-state index contributed by atoms with van der Waals surface area (Å²) in [6, 6.07) is 8.79. The number of nitrogens with one attached hydrogen (secondary N) is 2. The molecular weight excluding hydrogens is 314 g/mol. The van der Waals surface area contributed by atoms with E-state index in [-0.39, 0.29) is 18.3 Å². The van der Waals surface area contributed by atoms with Crippen LogP contribution in [0.5, 0.6) is 5.75 Å². The maximum Gasteiger partial charge on any atom is 0.270 e. The summed E-state index contributed by atoms with van der Waals surface area (Å²) in [5, 5.41) is 4.62. The van der Waals surface area contributed by atoms with Gasteiger partial charge in [0.05, 0.1) is 7.11 Å². The Balaban J connectivity index is 0.00000156. The van der Waals surface area contributed by atoms with E-state index in [9.17, 15) is 4.79 Å². The van der Waals surface area contributed by atoms with E-state index in [0.717, 1.165) is 36.2 Å². The number of aromatic nitrogens is 1. The van der Waals surface area contributed by atoms with Crippen LogP contribution >= 0.6 is 12.4 Å². The lowest BCUT2D eigenvalue weighted by molar-refractivity contribution is 0.0743. The fraction of sp³-hybridized carbons (Fsp3) is 0.471. The van der Waals surface area contributed by atoms with E-state index in [1.165, 1.54) is 12.8 Å². The van der Waals surface area contributed by atoms with Crippen molar-refractivity contribution in [2.45, 2.75) is 31.3 Å². The van der Waals surface area contributed by atoms with Gasteiger partial charge in [-0.05, 0) is 43.5 Å². The summed E-state index contributed by atoms with van der Waals surface area (Å²) in [5.41, 5.74) is 1.64. The Labute approximate surface area is 141 Å². The van der Waals surface area contributed by atoms with Gasteiger partial charge in [0.15, 0.2) is 0 Å². The highest BCUT2D eigenvalue weighted by Gasteiger charge is 2.31. The topological polar surface area (TPSA) is 57.4 Å². The molecule has 2 bridgehead atoms. The number of benzene rings is 1. The standard InChI is InChI=1S/C17H21N3O2.ClH/c1-22-14-4-5-15-11(8-14)9-16(19-15)17(21)20-7-6-12-2-3-13(10-20)18-12;/h4-5,8-9,12-13,18-19H,2-3,6-7,10H2,1H3;1H/t12-,13+;/m1./s1. The zero-order valence-corrected chi connectivity index (χ0v) is 14.0. The van der Waals surface area contributed by atoms with Crippen molar-refractivity contribution in [2.75, 3.05) is 20.2 Å². The first-order chi connectivity index (χ1) is 10.7. The average molecular weight is 336 g/mol. The molecule has 0 saturated carbocycles. The van der Waals surface area contributed by atoms with Crippen molar-refractivity contribution in [3.8, 4) is 5.75 Å². The molecule has 2 fully saturated rings. The second-order valence-electron chi connectivity index (χ2n) is 6.31. The largest absolute Gasteiger partial charge is 0.497 e. The van der Waals surface area contributed by atoms with Crippen LogP contribution in [0.1, 0.15) is 29.8 Å². The van der Waals surface area contributed by atoms with Crippen molar-refractivity contribution in [3.05, 3.63) is 30.0 Å². The molecule has 2 atom stereocenters. The summed E-state index contributed by atoms with van der Waals surface area (Å²) in [6.07, 6.45) is 3.48. The minimum Gasteiger partial charge on any atom is -0.497 e. The highest BCUT2D eigenvalue weighted by Crippen LogP contribution is 2.24. The Morgan fingerprint density at radius 2 is 2.04 bits per heavy atom. The number of ether oxygens (including phenoxy) is 1. The molecule has 0 radical (unpaired) electrons. The van der Waals surface area contributed by atoms with E-state index in [4.69, 9.17) is 4.74 Å². The number of rotatable bonds is 2. The first-order valence-corrected chi connectivity index (χ1v) is 7.95. The van der Waals surface area contributed by atoms with Crippen LogP contribution in [0.4, 0.5) is 0 Å². The third kappa shape index (κ3) is 3.03. The maximum absolute atomic E-state index is 12.8. The maximum atomic E-state index is 12.8. The average Bonchev–Trinajstić information content (AvgIpc) is 3.08. The molecule has 2 aliphatic heterocycles. The van der Waals surface area contributed by atoms with Crippen molar-refractivity contribution in [2.24, 2.45) is 0 Å². The first-order valence-electron chi connectivity index (χ1n) is 7.95. The summed E-state index contributed by atoms with van der Waals surface area (Å²) in [5.74, 6) is 0.909. The van der Waals surface area contributed by atoms with Gasteiger partial charge in [0.25, 0.3) is 5.91 Å². The number of amides is 1. The molecule has 23 heavy (non-hydrogen) atoms. The van der Waals surface area contributed by atoms with Crippen LogP contribution in [0.2, 0.25) is 0 Å². The zero-order valence-electron chi connectivity index (χ0n) is 13.2. The van der Waals surface area contributed by atoms with Crippen LogP contribution in [-0.2, 0) is 0 Å². The number of carbonyl (C=O) groups excluding carboxylic acids is 1. The molecule has 124 valence electrons. The lowest BCUT2D eigenvalue weighted by Gasteiger charge is -2.23. The van der Waals surface area contributed by atoms with Crippen molar-refractivity contribution in [3.63, 3.8) is 0 Å². The highest BCUT2D eigenvalue weighted by atomic mass is 35.5. The smallest absolute Gasteiger partial charge is 0.270 e. The Morgan fingerprint density at radius 3 is 2.87 bits per heavy atom. The fourth-order valence-electron chi connectivity index (χ4n) is 3.65. The molecule has 2 N–H and O–H groups in total. The Bertz CT molecular complexity index is 715. The predicted octanol–water partition coefficient (Wildman–Crippen LogP) is 2.56. The molecule has 0 spiro atoms. The van der Waals surface area contributed by atoms with Gasteiger partial charge in [0, 0.05) is 36.1 Å². The number of nitrogens with zero attached hydrogens (tertiary/aromatic N) is 1. The summed E-state index contributed by atoms with van der Waals surface area (Å²) < 4.78 is 5.24. The molecule has 3 heterocycles. The molecule has 2 aliphatic rings. The van der Waals surface area contributed by atoms with E-state index in [1.54, 1.807) is 7.11 Å². The quantitative estimate of drug-likeness (QED) is 0.886. The molecule has 1 amide bonds. The molecule has 2 aromatic rings. The molecule has 1 aromatic heterocycles. The summed E-state index contributed by atoms with van der Waals surface area (Å²) in [7, 11) is 1.65. The molecule has 0 unspecified atom stereocenters. The van der Waals surface area contributed by atoms with E-state index < -0.39 is 0 Å². The summed E-state index contributed by atoms with van der Waals surface area (Å²) >= 11 is 0. The lowest BCUT2D eigenvalue weighted by atomic mass is 10.1. The Hall–Kier alpha value is -1.72. The van der Waals surface area contributed by atoms with Crippen molar-refractivity contribution in [1.29, 1.82) is 0 Å². The van der Waals surface area contributed by atoms with E-state index in [2.05, 4.69) is 10.3 Å². The number of halogens is 1. The van der Waals surface area contributed by atoms with E-state index in [0.29, 0.717) is 17.8 Å². The Morgan fingerprint density at radius 1 is 1.22 bits per heavy atom. The van der Waals surface area contributed by atoms with Crippen LogP contribution in [-0.4, -0.2) is 48.1 Å². The third-order valence-corrected chi connectivity index (χ3v) is 4.87. The third-order valence-electron chi connectivity index (χ3n) is 4.87. The molecular formula is C17H22ClN3O2. The zero-order chi connectivity index (χ0) is 15.1. The number of fused-ring (bicyclic) bond motifs is 3. The molecule has 1 aromatic carbocycles. The van der Waals surface area contributed by atoms with Crippen LogP contribution in [0, 0.1) is 0 Å². The second-order valence-corrected chi connectivity index (χ2v) is 6.31. The Kier molecular flexibility index (Phi) is 4.50. The minimum absolute atomic E-state index is 0. The number of methoxy groups -OCH3 is 1. The van der Waals surface area contributed by atoms with Crippen LogP contribution in [0.15, 0.2) is 24.3 Å². The number of hydrogen-bond acceptors (Lipinski definition) is 3. The van der Waals surface area contributed by atoms with Crippen LogP contribution in [0.25, 0.3) is 10.9 Å². The van der Waals surface area contributed by atoms with Gasteiger partial charge in [-0.15, -0.1) is 12.4 Å². The van der Waals surface area contributed by atoms with Gasteiger partial charge in [-0.2, -0.15) is 0 Å². The number of carbonyl (C=O) groups is 1. The number of H-pyrrole nitrogens is 1. The van der Waals surface area contributed by atoms with E-state index >= 15 is 0 Å². The number of hydrogen-bond donors (Lipinski definition) is 2. The number of aromatic amines is 1. The fourth-order valence-corrected chi connectivity index (χ4v) is 3.65. The summed E-state index contributed by atoms with van der Waals surface area (Å²) in [4.78, 5) is 18.0. The second kappa shape index (κ2) is 6.42. The first kappa shape index (κ1) is 16.1. The monoisotopic (exact) mass is 335 g/mol. The molecule has 0 aliphatic carbocycles. The normalized spacial score (nSPS) is 23.4. The van der Waals surface area contributed by atoms with Crippen molar-refractivity contribution >= 4 is 29.2 Å². The van der Waals surface area contributed by atoms with Crippen LogP contribution < -0.4 is 10.1 Å². The van der Waals surface area contributed by atoms with Gasteiger partial charge >= 0.3 is 0 Å². The van der Waals surface area contributed by atoms with E-state index in [1.807, 2.05) is 29.2 Å². The van der Waals surface area contributed by atoms with Gasteiger partial charge in [0.1, 0.15) is 11.4 Å².